The maximum atomic E-state index is 14.2. The Morgan fingerprint density at radius 2 is 1.37 bits per heavy atom. The average Bonchev–Trinajstić information content (AvgIpc) is 3.93. The molecule has 2 aliphatic rings. The van der Waals surface area contributed by atoms with Gasteiger partial charge in [0.1, 0.15) is 12.2 Å². The molecule has 0 aliphatic carbocycles. The van der Waals surface area contributed by atoms with Crippen LogP contribution in [0.2, 0.25) is 0 Å². The van der Waals surface area contributed by atoms with Crippen molar-refractivity contribution in [3.63, 3.8) is 0 Å². The lowest BCUT2D eigenvalue weighted by molar-refractivity contribution is -0.121. The van der Waals surface area contributed by atoms with Gasteiger partial charge in [-0.15, -0.1) is 0 Å². The maximum Gasteiger partial charge on any atom is 0.407 e. The fourth-order valence-electron chi connectivity index (χ4n) is 7.42. The fourth-order valence-corrected chi connectivity index (χ4v) is 9.03. The van der Waals surface area contributed by atoms with E-state index in [0.717, 1.165) is 44.1 Å². The van der Waals surface area contributed by atoms with Crippen LogP contribution < -0.4 is 21.7 Å². The minimum Gasteiger partial charge on any atom is -0.443 e. The second kappa shape index (κ2) is 30.7. The van der Waals surface area contributed by atoms with Crippen LogP contribution in [0.3, 0.4) is 0 Å². The number of alkyl carbamates (subject to hydrolysis) is 2. The van der Waals surface area contributed by atoms with Crippen molar-refractivity contribution >= 4 is 33.8 Å². The Kier molecular flexibility index (Phi) is 24.8. The molecule has 0 radical (unpaired) electrons. The number of allylic oxidation sites excluding steroid dienone is 12. The van der Waals surface area contributed by atoms with E-state index < -0.39 is 46.7 Å². The van der Waals surface area contributed by atoms with Crippen molar-refractivity contribution in [3.8, 4) is 0 Å². The van der Waals surface area contributed by atoms with E-state index in [2.05, 4.69) is 83.6 Å². The summed E-state index contributed by atoms with van der Waals surface area (Å²) in [6.07, 6.45) is 29.1. The predicted molar refractivity (Wildman–Crippen MR) is 264 cm³/mol. The van der Waals surface area contributed by atoms with Gasteiger partial charge in [0.25, 0.3) is 0 Å². The molecule has 2 aliphatic heterocycles. The zero-order valence-electron chi connectivity index (χ0n) is 39.5. The number of ether oxygens (including phenoxy) is 4. The molecule has 3 amide bonds. The number of carbonyl (C=O) groups is 3. The molecule has 15 heteroatoms. The molecule has 4 rings (SSSR count). The Labute approximate surface area is 398 Å². The Bertz CT molecular complexity index is 2070. The van der Waals surface area contributed by atoms with Crippen molar-refractivity contribution in [3.05, 3.63) is 133 Å². The molecule has 2 fully saturated rings. The normalized spacial score (nSPS) is 18.6. The first-order valence-corrected chi connectivity index (χ1v) is 25.1. The highest BCUT2D eigenvalue weighted by atomic mass is 32.2. The Balaban J connectivity index is 1.30. The summed E-state index contributed by atoms with van der Waals surface area (Å²) in [6, 6.07) is 14.2. The zero-order valence-corrected chi connectivity index (χ0v) is 40.3. The summed E-state index contributed by atoms with van der Waals surface area (Å²) in [5, 5.41) is 8.39. The lowest BCUT2D eigenvalue weighted by Gasteiger charge is -2.33. The molecule has 0 aromatic heterocycles. The summed E-state index contributed by atoms with van der Waals surface area (Å²) >= 11 is 0. The number of hydrogen-bond acceptors (Lipinski definition) is 10. The van der Waals surface area contributed by atoms with Crippen LogP contribution in [-0.2, 0) is 40.2 Å². The standard InChI is InChI=1S/C52H73N5O9S/c1-4-5-6-7-8-9-10-11-12-13-14-15-16-17-18-19-20-21-25-28-49(58)54-34-35-55-51(59)65-47(39-57(38-41(2)3)67(61,62)44-31-29-43(53)30-32-44)46(37-42-26-23-22-24-27-42)56-52(60)66-48-40-64-50-45(48)33-36-63-50/h5-6,8-9,11-12,14-15,17-18,20-24,26-27,29-32,41,45-48,50H,4,7,10,13,16,19,25,28,33-40,53H2,1-3H3,(H,54,58)(H,55,59)(H,56,60)/t45-,46-,47+,48-,50+/m0/s1. The van der Waals surface area contributed by atoms with E-state index in [0.29, 0.717) is 25.1 Å². The lowest BCUT2D eigenvalue weighted by atomic mass is 10.0. The number of benzene rings is 2. The lowest BCUT2D eigenvalue weighted by Crippen LogP contribution is -2.54. The van der Waals surface area contributed by atoms with E-state index in [1.165, 1.54) is 28.6 Å². The molecule has 2 aromatic rings. The van der Waals surface area contributed by atoms with Gasteiger partial charge >= 0.3 is 12.2 Å². The maximum absolute atomic E-state index is 14.2. The first kappa shape index (κ1) is 54.1. The molecular weight excluding hydrogens is 871 g/mol. The molecule has 5 atom stereocenters. The molecule has 2 aromatic carbocycles. The summed E-state index contributed by atoms with van der Waals surface area (Å²) in [6.45, 7) is 6.55. The number of sulfonamides is 1. The van der Waals surface area contributed by atoms with Gasteiger partial charge in [0.05, 0.1) is 36.6 Å². The Morgan fingerprint density at radius 1 is 0.776 bits per heavy atom. The number of fused-ring (bicyclic) bond motifs is 1. The second-order valence-electron chi connectivity index (χ2n) is 16.9. The third-order valence-electron chi connectivity index (χ3n) is 10.9. The van der Waals surface area contributed by atoms with Crippen LogP contribution in [0.5, 0.6) is 0 Å². The molecule has 14 nitrogen and oxygen atoms in total. The van der Waals surface area contributed by atoms with E-state index in [-0.39, 0.29) is 68.3 Å². The highest BCUT2D eigenvalue weighted by Crippen LogP contribution is 2.33. The molecule has 0 spiro atoms. The molecule has 0 unspecified atom stereocenters. The summed E-state index contributed by atoms with van der Waals surface area (Å²) in [7, 11) is -4.13. The smallest absolute Gasteiger partial charge is 0.407 e. The van der Waals surface area contributed by atoms with Gasteiger partial charge in [-0.05, 0) is 93.5 Å². The number of anilines is 1. The average molecular weight is 944 g/mol. The summed E-state index contributed by atoms with van der Waals surface area (Å²) in [5.74, 6) is -0.395. The number of nitrogens with two attached hydrogens (primary N) is 1. The van der Waals surface area contributed by atoms with E-state index in [1.54, 1.807) is 0 Å². The Morgan fingerprint density at radius 3 is 1.99 bits per heavy atom. The second-order valence-corrected chi connectivity index (χ2v) is 18.8. The third kappa shape index (κ3) is 20.9. The Hall–Kier alpha value is -5.48. The number of hydrogen-bond donors (Lipinski definition) is 4. The van der Waals surface area contributed by atoms with Crippen molar-refractivity contribution in [1.82, 2.24) is 20.3 Å². The summed E-state index contributed by atoms with van der Waals surface area (Å²) in [4.78, 5) is 39.8. The van der Waals surface area contributed by atoms with E-state index >= 15 is 0 Å². The first-order valence-electron chi connectivity index (χ1n) is 23.7. The molecule has 2 heterocycles. The van der Waals surface area contributed by atoms with Gasteiger partial charge in [-0.2, -0.15) is 4.31 Å². The topological polar surface area (TPSA) is 188 Å². The van der Waals surface area contributed by atoms with Gasteiger partial charge < -0.3 is 40.6 Å². The van der Waals surface area contributed by atoms with Crippen molar-refractivity contribution in [2.24, 2.45) is 11.8 Å². The van der Waals surface area contributed by atoms with Crippen molar-refractivity contribution in [2.75, 3.05) is 45.1 Å². The number of nitrogens with zero attached hydrogens (tertiary/aromatic N) is 1. The summed E-state index contributed by atoms with van der Waals surface area (Å²) < 4.78 is 52.8. The highest BCUT2D eigenvalue weighted by molar-refractivity contribution is 7.89. The number of nitrogens with one attached hydrogen (secondary N) is 3. The SMILES string of the molecule is CCC=CCC=CCC=CCC=CCC=CCC=CCCC(=O)NCCNC(=O)O[C@H](CN(CC(C)C)S(=O)(=O)c1ccc(N)cc1)[C@H](Cc1ccccc1)NC(=O)O[C@H]1CO[C@H]2OCC[C@H]21. The van der Waals surface area contributed by atoms with E-state index in [1.807, 2.05) is 56.3 Å². The van der Waals surface area contributed by atoms with Crippen LogP contribution in [0, 0.1) is 11.8 Å². The highest BCUT2D eigenvalue weighted by Gasteiger charge is 2.44. The van der Waals surface area contributed by atoms with Gasteiger partial charge in [0.2, 0.25) is 15.9 Å². The number of nitrogen functional groups attached to an aromatic ring is 1. The fraction of sp³-hybridized carbons (Fsp3) is 0.481. The van der Waals surface area contributed by atoms with Gasteiger partial charge in [-0.25, -0.2) is 18.0 Å². The summed E-state index contributed by atoms with van der Waals surface area (Å²) in [5.41, 5.74) is 7.09. The van der Waals surface area contributed by atoms with Crippen LogP contribution in [0.15, 0.2) is 132 Å². The monoisotopic (exact) mass is 944 g/mol. The van der Waals surface area contributed by atoms with Crippen LogP contribution >= 0.6 is 0 Å². The number of amides is 3. The zero-order chi connectivity index (χ0) is 48.1. The number of carbonyl (C=O) groups excluding carboxylic acids is 3. The molecule has 5 N–H and O–H groups in total. The van der Waals surface area contributed by atoms with Gasteiger partial charge in [-0.1, -0.05) is 124 Å². The van der Waals surface area contributed by atoms with Gasteiger partial charge in [-0.3, -0.25) is 4.79 Å². The number of rotatable bonds is 29. The van der Waals surface area contributed by atoms with Crippen molar-refractivity contribution in [1.29, 1.82) is 0 Å². The van der Waals surface area contributed by atoms with Crippen LogP contribution in [0.1, 0.15) is 84.1 Å². The van der Waals surface area contributed by atoms with Crippen LogP contribution in [0.25, 0.3) is 0 Å². The van der Waals surface area contributed by atoms with Crippen molar-refractivity contribution < 1.29 is 41.7 Å². The predicted octanol–water partition coefficient (Wildman–Crippen LogP) is 8.70. The molecule has 67 heavy (non-hydrogen) atoms. The van der Waals surface area contributed by atoms with Gasteiger partial charge in [0.15, 0.2) is 6.29 Å². The van der Waals surface area contributed by atoms with Gasteiger partial charge in [0, 0.05) is 31.7 Å². The molecule has 0 bridgehead atoms. The quantitative estimate of drug-likeness (QED) is 0.0349. The third-order valence-corrected chi connectivity index (χ3v) is 12.7. The van der Waals surface area contributed by atoms with E-state index in [4.69, 9.17) is 24.7 Å². The minimum absolute atomic E-state index is 0.0173. The minimum atomic E-state index is -4.13. The van der Waals surface area contributed by atoms with Crippen molar-refractivity contribution in [2.45, 2.75) is 114 Å². The van der Waals surface area contributed by atoms with Crippen LogP contribution in [0.4, 0.5) is 15.3 Å². The van der Waals surface area contributed by atoms with E-state index in [9.17, 15) is 22.8 Å². The molecular formula is C52H73N5O9S. The largest absolute Gasteiger partial charge is 0.443 e. The molecule has 0 saturated carbocycles. The molecule has 2 saturated heterocycles. The first-order chi connectivity index (χ1) is 32.5. The molecule has 366 valence electrons. The van der Waals surface area contributed by atoms with Crippen LogP contribution in [-0.4, -0.2) is 94.7 Å².